The number of carbonyl (C=O) groups is 2. The maximum absolute atomic E-state index is 12.5. The number of nitrogens with zero attached hydrogens (tertiary/aromatic N) is 1. The van der Waals surface area contributed by atoms with E-state index in [1.54, 1.807) is 0 Å². The van der Waals surface area contributed by atoms with Crippen molar-refractivity contribution in [2.24, 2.45) is 0 Å². The summed E-state index contributed by atoms with van der Waals surface area (Å²) in [5, 5.41) is 27.9. The molecule has 1 atom stereocenters. The van der Waals surface area contributed by atoms with Gasteiger partial charge in [-0.05, 0) is 19.3 Å². The Morgan fingerprint density at radius 3 is 2.64 bits per heavy atom. The molecule has 0 aliphatic heterocycles. The van der Waals surface area contributed by atoms with Crippen LogP contribution >= 0.6 is 23.6 Å². The number of thiocarbonyl (C=S) groups is 1. The van der Waals surface area contributed by atoms with Gasteiger partial charge in [-0.15, -0.1) is 11.3 Å². The van der Waals surface area contributed by atoms with Gasteiger partial charge in [0.1, 0.15) is 11.0 Å². The molecule has 0 aliphatic carbocycles. The number of nitrogens with one attached hydrogen (secondary N) is 3. The van der Waals surface area contributed by atoms with Crippen molar-refractivity contribution in [1.29, 1.82) is 0 Å². The Kier molecular flexibility index (Phi) is 8.79. The molecule has 28 heavy (non-hydrogen) atoms. The second-order valence-corrected chi connectivity index (χ2v) is 7.25. The fourth-order valence-electron chi connectivity index (χ4n) is 2.44. The van der Waals surface area contributed by atoms with Crippen LogP contribution in [0.4, 0.5) is 9.93 Å². The van der Waals surface area contributed by atoms with Crippen LogP contribution in [0.25, 0.3) is 11.3 Å². The van der Waals surface area contributed by atoms with Crippen molar-refractivity contribution >= 4 is 45.7 Å². The zero-order chi connectivity index (χ0) is 20.4. The van der Waals surface area contributed by atoms with E-state index in [1.807, 2.05) is 35.7 Å². The number of anilines is 1. The van der Waals surface area contributed by atoms with Crippen molar-refractivity contribution in [2.45, 2.75) is 25.3 Å². The fourth-order valence-corrected chi connectivity index (χ4v) is 3.26. The summed E-state index contributed by atoms with van der Waals surface area (Å²) in [5.41, 5.74) is 1.68. The summed E-state index contributed by atoms with van der Waals surface area (Å²) < 4.78 is 0. The Labute approximate surface area is 172 Å². The van der Waals surface area contributed by atoms with E-state index in [1.165, 1.54) is 11.3 Å². The molecule has 0 spiro atoms. The highest BCUT2D eigenvalue weighted by Crippen LogP contribution is 2.24. The molecule has 0 saturated carbocycles. The average Bonchev–Trinajstić information content (AvgIpc) is 3.15. The predicted octanol–water partition coefficient (Wildman–Crippen LogP) is 2.46. The van der Waals surface area contributed by atoms with E-state index in [0.29, 0.717) is 35.9 Å². The lowest BCUT2D eigenvalue weighted by Crippen LogP contribution is -2.43. The Morgan fingerprint density at radius 1 is 1.21 bits per heavy atom. The third-order valence-corrected chi connectivity index (χ3v) is 4.83. The summed E-state index contributed by atoms with van der Waals surface area (Å²) in [7, 11) is 0. The standard InChI is InChI=1S/C18H22N4O4S2/c23-10-15(27)19-9-5-4-8-13(21-18(25)26)16(24)22-17-20-14(11-28-17)12-6-2-1-3-7-12/h1-3,6-7,11,13,21,23H,4-5,8-10H2,(H,19,27)(H,25,26)(H,20,22,24). The molecular weight excluding hydrogens is 400 g/mol. The van der Waals surface area contributed by atoms with Crippen molar-refractivity contribution in [3.63, 3.8) is 0 Å². The number of amides is 2. The van der Waals surface area contributed by atoms with Gasteiger partial charge in [-0.3, -0.25) is 4.79 Å². The Hall–Kier alpha value is -2.56. The van der Waals surface area contributed by atoms with Gasteiger partial charge < -0.3 is 26.2 Å². The van der Waals surface area contributed by atoms with Crippen LogP contribution in [0.15, 0.2) is 35.7 Å². The van der Waals surface area contributed by atoms with Crippen LogP contribution in [0.5, 0.6) is 0 Å². The molecule has 2 aromatic rings. The zero-order valence-corrected chi connectivity index (χ0v) is 16.7. The number of aliphatic hydroxyl groups is 1. The van der Waals surface area contributed by atoms with Crippen LogP contribution < -0.4 is 16.0 Å². The maximum atomic E-state index is 12.5. The smallest absolute Gasteiger partial charge is 0.405 e. The molecule has 2 rings (SSSR count). The first-order valence-corrected chi connectivity index (χ1v) is 9.97. The molecule has 2 amide bonds. The molecule has 0 radical (unpaired) electrons. The van der Waals surface area contributed by atoms with Crippen LogP contribution in [0.3, 0.4) is 0 Å². The molecule has 10 heteroatoms. The molecule has 0 aliphatic rings. The highest BCUT2D eigenvalue weighted by atomic mass is 32.1. The number of carbonyl (C=O) groups excluding carboxylic acids is 1. The molecule has 0 saturated heterocycles. The minimum atomic E-state index is -1.26. The summed E-state index contributed by atoms with van der Waals surface area (Å²) in [6.07, 6.45) is 0.360. The second-order valence-electron chi connectivity index (χ2n) is 5.90. The molecule has 1 aromatic heterocycles. The molecule has 150 valence electrons. The van der Waals surface area contributed by atoms with E-state index in [-0.39, 0.29) is 6.61 Å². The monoisotopic (exact) mass is 422 g/mol. The van der Waals surface area contributed by atoms with Crippen LogP contribution in [0, 0.1) is 0 Å². The van der Waals surface area contributed by atoms with Gasteiger partial charge in [0, 0.05) is 17.5 Å². The maximum Gasteiger partial charge on any atom is 0.405 e. The quantitative estimate of drug-likeness (QED) is 0.294. The molecule has 1 aromatic carbocycles. The van der Waals surface area contributed by atoms with Gasteiger partial charge in [0.25, 0.3) is 0 Å². The van der Waals surface area contributed by atoms with Crippen LogP contribution in [-0.2, 0) is 4.79 Å². The van der Waals surface area contributed by atoms with E-state index in [0.717, 1.165) is 11.3 Å². The number of hydrogen-bond acceptors (Lipinski definition) is 6. The van der Waals surface area contributed by atoms with Gasteiger partial charge >= 0.3 is 6.09 Å². The fraction of sp³-hybridized carbons (Fsp3) is 0.333. The lowest BCUT2D eigenvalue weighted by atomic mass is 10.1. The predicted molar refractivity (Wildman–Crippen MR) is 113 cm³/mol. The van der Waals surface area contributed by atoms with Gasteiger partial charge in [-0.1, -0.05) is 42.5 Å². The summed E-state index contributed by atoms with van der Waals surface area (Å²) in [6, 6.07) is 8.68. The minimum Gasteiger partial charge on any atom is -0.465 e. The topological polar surface area (TPSA) is 124 Å². The highest BCUT2D eigenvalue weighted by Gasteiger charge is 2.21. The number of aliphatic hydroxyl groups excluding tert-OH is 1. The van der Waals surface area contributed by atoms with Crippen LogP contribution in [0.2, 0.25) is 0 Å². The van der Waals surface area contributed by atoms with Crippen molar-refractivity contribution < 1.29 is 19.8 Å². The van der Waals surface area contributed by atoms with Gasteiger partial charge in [0.05, 0.1) is 12.3 Å². The van der Waals surface area contributed by atoms with E-state index in [4.69, 9.17) is 22.4 Å². The number of thiazole rings is 1. The highest BCUT2D eigenvalue weighted by molar-refractivity contribution is 7.80. The first kappa shape index (κ1) is 21.7. The van der Waals surface area contributed by atoms with Gasteiger partial charge in [0.15, 0.2) is 5.13 Å². The number of benzene rings is 1. The van der Waals surface area contributed by atoms with Crippen molar-refractivity contribution in [3.05, 3.63) is 35.7 Å². The van der Waals surface area contributed by atoms with E-state index < -0.39 is 18.0 Å². The SMILES string of the molecule is O=C(O)NC(CCCCNC(=S)CO)C(=O)Nc1nc(-c2ccccc2)cs1. The van der Waals surface area contributed by atoms with Crippen LogP contribution in [0.1, 0.15) is 19.3 Å². The minimum absolute atomic E-state index is 0.209. The number of hydrogen-bond donors (Lipinski definition) is 5. The van der Waals surface area contributed by atoms with Gasteiger partial charge in [-0.25, -0.2) is 9.78 Å². The van der Waals surface area contributed by atoms with Crippen LogP contribution in [-0.4, -0.2) is 51.4 Å². The number of unbranched alkanes of at least 4 members (excludes halogenated alkanes) is 1. The van der Waals surface area contributed by atoms with Crippen molar-refractivity contribution in [2.75, 3.05) is 18.5 Å². The Morgan fingerprint density at radius 2 is 1.96 bits per heavy atom. The third-order valence-electron chi connectivity index (χ3n) is 3.80. The number of aromatic nitrogens is 1. The summed E-state index contributed by atoms with van der Waals surface area (Å²) in [6.45, 7) is 0.341. The zero-order valence-electron chi connectivity index (χ0n) is 15.1. The van der Waals surface area contributed by atoms with Gasteiger partial charge in [-0.2, -0.15) is 0 Å². The Bertz CT molecular complexity index is 798. The average molecular weight is 423 g/mol. The molecule has 1 heterocycles. The molecule has 0 bridgehead atoms. The summed E-state index contributed by atoms with van der Waals surface area (Å²) in [4.78, 5) is 28.2. The number of rotatable bonds is 10. The first-order valence-electron chi connectivity index (χ1n) is 8.68. The lowest BCUT2D eigenvalue weighted by Gasteiger charge is -2.16. The molecular formula is C18H22N4O4S2. The number of carboxylic acid groups (broad SMARTS) is 1. The van der Waals surface area contributed by atoms with E-state index in [2.05, 4.69) is 20.9 Å². The summed E-state index contributed by atoms with van der Waals surface area (Å²) >= 11 is 6.12. The summed E-state index contributed by atoms with van der Waals surface area (Å²) in [5.74, 6) is -0.449. The molecule has 1 unspecified atom stereocenters. The van der Waals surface area contributed by atoms with E-state index >= 15 is 0 Å². The van der Waals surface area contributed by atoms with Gasteiger partial charge in [0.2, 0.25) is 5.91 Å². The lowest BCUT2D eigenvalue weighted by molar-refractivity contribution is -0.118. The first-order chi connectivity index (χ1) is 13.5. The van der Waals surface area contributed by atoms with Crippen molar-refractivity contribution in [1.82, 2.24) is 15.6 Å². The molecule has 0 fully saturated rings. The van der Waals surface area contributed by atoms with Crippen molar-refractivity contribution in [3.8, 4) is 11.3 Å². The van der Waals surface area contributed by atoms with E-state index in [9.17, 15) is 9.59 Å². The molecule has 5 N–H and O–H groups in total. The third kappa shape index (κ3) is 7.22. The largest absolute Gasteiger partial charge is 0.465 e. The second kappa shape index (κ2) is 11.3. The molecule has 8 nitrogen and oxygen atoms in total. The normalized spacial score (nSPS) is 11.5. The Balaban J connectivity index is 1.89.